The van der Waals surface area contributed by atoms with Crippen LogP contribution in [0.25, 0.3) is 21.3 Å². The predicted octanol–water partition coefficient (Wildman–Crippen LogP) is 4.59. The lowest BCUT2D eigenvalue weighted by Crippen LogP contribution is -2.34. The Morgan fingerprint density at radius 1 is 1.19 bits per heavy atom. The van der Waals surface area contributed by atoms with E-state index in [1.54, 1.807) is 6.92 Å². The lowest BCUT2D eigenvalue weighted by atomic mass is 10.0. The summed E-state index contributed by atoms with van der Waals surface area (Å²) in [6, 6.07) is 12.1. The Morgan fingerprint density at radius 2 is 1.94 bits per heavy atom. The summed E-state index contributed by atoms with van der Waals surface area (Å²) in [5.74, 6) is -1.91. The number of rotatable bonds is 5. The molecule has 0 aliphatic rings. The van der Waals surface area contributed by atoms with Gasteiger partial charge in [-0.05, 0) is 25.5 Å². The number of amides is 1. The Morgan fingerprint density at radius 3 is 2.65 bits per heavy atom. The maximum Gasteiger partial charge on any atom is 0.263 e. The zero-order valence-electron chi connectivity index (χ0n) is 16.9. The van der Waals surface area contributed by atoms with Gasteiger partial charge in [0.25, 0.3) is 5.56 Å². The smallest absolute Gasteiger partial charge is 0.263 e. The fraction of sp³-hybridized carbons (Fsp3) is 0.174. The summed E-state index contributed by atoms with van der Waals surface area (Å²) < 4.78 is 28.3. The van der Waals surface area contributed by atoms with E-state index in [0.29, 0.717) is 10.2 Å². The van der Waals surface area contributed by atoms with Crippen LogP contribution in [0.1, 0.15) is 23.4 Å². The fourth-order valence-electron chi connectivity index (χ4n) is 3.57. The van der Waals surface area contributed by atoms with Crippen molar-refractivity contribution in [2.45, 2.75) is 26.4 Å². The minimum Gasteiger partial charge on any atom is -0.348 e. The minimum absolute atomic E-state index is 0.162. The largest absolute Gasteiger partial charge is 0.348 e. The molecule has 0 radical (unpaired) electrons. The zero-order chi connectivity index (χ0) is 22.1. The van der Waals surface area contributed by atoms with E-state index in [1.807, 2.05) is 37.3 Å². The van der Waals surface area contributed by atoms with Crippen molar-refractivity contribution in [2.24, 2.45) is 0 Å². The number of hydrogen-bond donors (Lipinski definition) is 1. The average molecular weight is 439 g/mol. The molecule has 5 nitrogen and oxygen atoms in total. The number of fused-ring (bicyclic) bond motifs is 1. The van der Waals surface area contributed by atoms with Crippen LogP contribution in [0, 0.1) is 18.6 Å². The van der Waals surface area contributed by atoms with Gasteiger partial charge in [0.2, 0.25) is 5.91 Å². The van der Waals surface area contributed by atoms with E-state index < -0.39 is 23.6 Å². The summed E-state index contributed by atoms with van der Waals surface area (Å²) in [6.45, 7) is 3.26. The molecule has 1 atom stereocenters. The molecule has 0 saturated heterocycles. The molecule has 0 aliphatic carbocycles. The van der Waals surface area contributed by atoms with Gasteiger partial charge in [-0.2, -0.15) is 0 Å². The van der Waals surface area contributed by atoms with Crippen molar-refractivity contribution in [1.82, 2.24) is 14.9 Å². The lowest BCUT2D eigenvalue weighted by molar-refractivity contribution is -0.122. The minimum atomic E-state index is -0.741. The van der Waals surface area contributed by atoms with E-state index in [-0.39, 0.29) is 17.7 Å². The highest BCUT2D eigenvalue weighted by Gasteiger charge is 2.19. The number of hydrogen-bond acceptors (Lipinski definition) is 4. The summed E-state index contributed by atoms with van der Waals surface area (Å²) in [7, 11) is 0. The molecule has 0 fully saturated rings. The SMILES string of the molecule is Cc1sc2ncn(CC(=O)NC(C)c3ccc(F)cc3F)c(=O)c2c1-c1ccccc1. The number of thiophene rings is 1. The van der Waals surface area contributed by atoms with E-state index in [4.69, 9.17) is 0 Å². The van der Waals surface area contributed by atoms with E-state index in [9.17, 15) is 18.4 Å². The fourth-order valence-corrected chi connectivity index (χ4v) is 4.58. The third-order valence-electron chi connectivity index (χ3n) is 5.04. The van der Waals surface area contributed by atoms with Crippen molar-refractivity contribution in [1.29, 1.82) is 0 Å². The second-order valence-electron chi connectivity index (χ2n) is 7.21. The van der Waals surface area contributed by atoms with E-state index in [1.165, 1.54) is 28.3 Å². The quantitative estimate of drug-likeness (QED) is 0.495. The van der Waals surface area contributed by atoms with Crippen LogP contribution < -0.4 is 10.9 Å². The highest BCUT2D eigenvalue weighted by atomic mass is 32.1. The summed E-state index contributed by atoms with van der Waals surface area (Å²) >= 11 is 1.43. The number of nitrogens with zero attached hydrogens (tertiary/aromatic N) is 2. The third kappa shape index (κ3) is 4.11. The van der Waals surface area contributed by atoms with Gasteiger partial charge in [-0.15, -0.1) is 11.3 Å². The predicted molar refractivity (Wildman–Crippen MR) is 117 cm³/mol. The summed E-state index contributed by atoms with van der Waals surface area (Å²) in [5.41, 5.74) is 1.57. The van der Waals surface area contributed by atoms with Gasteiger partial charge in [-0.3, -0.25) is 14.2 Å². The summed E-state index contributed by atoms with van der Waals surface area (Å²) in [6.07, 6.45) is 1.35. The first-order valence-corrected chi connectivity index (χ1v) is 10.4. The van der Waals surface area contributed by atoms with Crippen LogP contribution in [-0.4, -0.2) is 15.5 Å². The molecule has 8 heteroatoms. The molecule has 0 bridgehead atoms. The van der Waals surface area contributed by atoms with Crippen molar-refractivity contribution in [3.63, 3.8) is 0 Å². The Hall–Kier alpha value is -3.39. The van der Waals surface area contributed by atoms with Crippen LogP contribution in [0.5, 0.6) is 0 Å². The van der Waals surface area contributed by atoms with Crippen LogP contribution in [-0.2, 0) is 11.3 Å². The van der Waals surface area contributed by atoms with Crippen molar-refractivity contribution in [3.8, 4) is 11.1 Å². The van der Waals surface area contributed by atoms with Gasteiger partial charge < -0.3 is 5.32 Å². The number of carbonyl (C=O) groups is 1. The van der Waals surface area contributed by atoms with Gasteiger partial charge in [0.05, 0.1) is 17.8 Å². The van der Waals surface area contributed by atoms with Gasteiger partial charge >= 0.3 is 0 Å². The molecule has 0 aliphatic heterocycles. The summed E-state index contributed by atoms with van der Waals surface area (Å²) in [5, 5.41) is 3.12. The summed E-state index contributed by atoms with van der Waals surface area (Å²) in [4.78, 5) is 31.6. The first-order valence-electron chi connectivity index (χ1n) is 9.63. The number of carbonyl (C=O) groups excluding carboxylic acids is 1. The molecule has 1 N–H and O–H groups in total. The molecule has 2 aromatic carbocycles. The van der Waals surface area contributed by atoms with Crippen molar-refractivity contribution in [2.75, 3.05) is 0 Å². The Balaban J connectivity index is 1.62. The van der Waals surface area contributed by atoms with Crippen molar-refractivity contribution >= 4 is 27.5 Å². The normalized spacial score (nSPS) is 12.1. The first kappa shape index (κ1) is 20.9. The Bertz CT molecular complexity index is 1330. The molecule has 2 aromatic heterocycles. The molecule has 4 aromatic rings. The maximum absolute atomic E-state index is 14.0. The van der Waals surface area contributed by atoms with Crippen LogP contribution >= 0.6 is 11.3 Å². The second-order valence-corrected chi connectivity index (χ2v) is 8.42. The van der Waals surface area contributed by atoms with Gasteiger partial charge in [-0.25, -0.2) is 13.8 Å². The number of aryl methyl sites for hydroxylation is 1. The highest BCUT2D eigenvalue weighted by molar-refractivity contribution is 7.19. The molecule has 158 valence electrons. The Labute approximate surface area is 181 Å². The molecule has 2 heterocycles. The molecule has 1 unspecified atom stereocenters. The zero-order valence-corrected chi connectivity index (χ0v) is 17.7. The first-order chi connectivity index (χ1) is 14.8. The van der Waals surface area contributed by atoms with Crippen LogP contribution in [0.4, 0.5) is 8.78 Å². The van der Waals surface area contributed by atoms with Gasteiger partial charge in [0.1, 0.15) is 23.0 Å². The van der Waals surface area contributed by atoms with E-state index in [2.05, 4.69) is 10.3 Å². The van der Waals surface area contributed by atoms with Gasteiger partial charge in [0.15, 0.2) is 0 Å². The molecule has 0 spiro atoms. The molecular formula is C23H19F2N3O2S. The third-order valence-corrected chi connectivity index (χ3v) is 6.05. The molecule has 31 heavy (non-hydrogen) atoms. The van der Waals surface area contributed by atoms with Crippen molar-refractivity contribution in [3.05, 3.63) is 87.3 Å². The number of halogens is 2. The van der Waals surface area contributed by atoms with Crippen molar-refractivity contribution < 1.29 is 13.6 Å². The average Bonchev–Trinajstić information content (AvgIpc) is 3.07. The van der Waals surface area contributed by atoms with Gasteiger partial charge in [0, 0.05) is 22.1 Å². The topological polar surface area (TPSA) is 64.0 Å². The highest BCUT2D eigenvalue weighted by Crippen LogP contribution is 2.35. The molecule has 4 rings (SSSR count). The standard InChI is InChI=1S/C23H19F2N3O2S/c1-13(17-9-8-16(24)10-18(17)25)27-19(29)11-28-12-26-22-21(23(28)30)20(14(2)31-22)15-6-4-3-5-7-15/h3-10,12-13H,11H2,1-2H3,(H,27,29). The van der Waals surface area contributed by atoms with Crippen LogP contribution in [0.3, 0.4) is 0 Å². The van der Waals surface area contributed by atoms with E-state index >= 15 is 0 Å². The molecule has 0 saturated carbocycles. The number of benzene rings is 2. The lowest BCUT2D eigenvalue weighted by Gasteiger charge is -2.15. The Kier molecular flexibility index (Phi) is 5.65. The number of aromatic nitrogens is 2. The van der Waals surface area contributed by atoms with Crippen LogP contribution in [0.2, 0.25) is 0 Å². The number of nitrogens with one attached hydrogen (secondary N) is 1. The van der Waals surface area contributed by atoms with Gasteiger partial charge in [-0.1, -0.05) is 36.4 Å². The monoisotopic (exact) mass is 439 g/mol. The molecular weight excluding hydrogens is 420 g/mol. The van der Waals surface area contributed by atoms with Crippen LogP contribution in [0.15, 0.2) is 59.7 Å². The van der Waals surface area contributed by atoms with E-state index in [0.717, 1.165) is 28.1 Å². The second kappa shape index (κ2) is 8.39. The maximum atomic E-state index is 14.0. The molecule has 1 amide bonds.